The molecule has 0 radical (unpaired) electrons. The fraction of sp³-hybridized carbons (Fsp3) is 0.778. The van der Waals surface area contributed by atoms with Gasteiger partial charge in [0, 0.05) is 6.42 Å². The van der Waals surface area contributed by atoms with Crippen LogP contribution in [-0.2, 0) is 9.53 Å². The Kier molecular flexibility index (Phi) is 4.17. The molecule has 0 aromatic rings. The molecule has 7 nitrogen and oxygen atoms in total. The topological polar surface area (TPSA) is 99.1 Å². The first-order valence-corrected chi connectivity index (χ1v) is 7.16. The summed E-state index contributed by atoms with van der Waals surface area (Å²) in [6, 6.07) is -0.553. The van der Waals surface area contributed by atoms with E-state index in [9.17, 15) is 14.7 Å². The zero-order chi connectivity index (χ0) is 13.5. The van der Waals surface area contributed by atoms with Crippen molar-refractivity contribution in [2.24, 2.45) is 0 Å². The lowest BCUT2D eigenvalue weighted by Crippen LogP contribution is -2.61. The molecule has 4 atom stereocenters. The second kappa shape index (κ2) is 5.19. The van der Waals surface area contributed by atoms with Crippen molar-refractivity contribution in [3.05, 3.63) is 0 Å². The van der Waals surface area contributed by atoms with Gasteiger partial charge in [-0.15, -0.1) is 0 Å². The lowest BCUT2D eigenvalue weighted by atomic mass is 10.2. The molecule has 0 bridgehead atoms. The Morgan fingerprint density at radius 3 is 2.83 bits per heavy atom. The maximum Gasteiger partial charge on any atom is 0.326 e. The molecule has 0 aliphatic carbocycles. The molecule has 2 aliphatic rings. The number of amides is 3. The first kappa shape index (κ1) is 14.4. The van der Waals surface area contributed by atoms with Crippen molar-refractivity contribution in [3.8, 4) is 0 Å². The van der Waals surface area contributed by atoms with Crippen LogP contribution in [-0.4, -0.2) is 61.0 Å². The van der Waals surface area contributed by atoms with E-state index < -0.39 is 32.7 Å². The normalized spacial score (nSPS) is 41.1. The number of halogens is 2. The molecule has 9 heteroatoms. The molecule has 2 saturated heterocycles. The van der Waals surface area contributed by atoms with Crippen LogP contribution in [0.15, 0.2) is 0 Å². The Morgan fingerprint density at radius 1 is 1.61 bits per heavy atom. The fourth-order valence-electron chi connectivity index (χ4n) is 1.92. The van der Waals surface area contributed by atoms with Gasteiger partial charge in [-0.2, -0.15) is 0 Å². The summed E-state index contributed by atoms with van der Waals surface area (Å²) in [5, 5.41) is 20.8. The number of imide groups is 1. The number of carbonyl (C=O) groups excluding carboxylic acids is 2. The molecule has 102 valence electrons. The van der Waals surface area contributed by atoms with Crippen molar-refractivity contribution in [2.45, 2.75) is 27.2 Å². The largest absolute Gasteiger partial charge is 0.394 e. The highest BCUT2D eigenvalue weighted by Gasteiger charge is 2.47. The van der Waals surface area contributed by atoms with E-state index in [-0.39, 0.29) is 19.6 Å². The Hall–Kier alpha value is 0.0300. The molecular weight excluding hydrogens is 423 g/mol. The third kappa shape index (κ3) is 2.64. The highest BCUT2D eigenvalue weighted by atomic mass is 127. The van der Waals surface area contributed by atoms with Crippen LogP contribution in [0.4, 0.5) is 4.79 Å². The number of hydrogen-bond donors (Lipinski definition) is 3. The summed E-state index contributed by atoms with van der Waals surface area (Å²) in [5.74, 6) is -0.415. The number of alkyl halides is 2. The molecule has 2 heterocycles. The van der Waals surface area contributed by atoms with Gasteiger partial charge in [0.2, 0.25) is 0 Å². The lowest BCUT2D eigenvalue weighted by molar-refractivity contribution is -0.123. The number of hydrogen-bond acceptors (Lipinski definition) is 5. The van der Waals surface area contributed by atoms with Crippen LogP contribution in [0, 0.1) is 0 Å². The Balaban J connectivity index is 2.10. The summed E-state index contributed by atoms with van der Waals surface area (Å²) in [5.41, 5.74) is 0. The molecule has 2 aliphatic heterocycles. The summed E-state index contributed by atoms with van der Waals surface area (Å²) in [6.45, 7) is -0.177. The van der Waals surface area contributed by atoms with E-state index in [1.54, 1.807) is 0 Å². The van der Waals surface area contributed by atoms with Gasteiger partial charge in [0.1, 0.15) is 12.3 Å². The second-order valence-electron chi connectivity index (χ2n) is 4.21. The number of ether oxygens (including phenoxy) is 1. The van der Waals surface area contributed by atoms with E-state index in [4.69, 9.17) is 9.84 Å². The van der Waals surface area contributed by atoms with Gasteiger partial charge in [0.05, 0.1) is 19.3 Å². The van der Waals surface area contributed by atoms with Crippen molar-refractivity contribution in [1.29, 1.82) is 0 Å². The first-order chi connectivity index (χ1) is 8.35. The van der Waals surface area contributed by atoms with E-state index in [0.29, 0.717) is 0 Å². The van der Waals surface area contributed by atoms with Gasteiger partial charge in [-0.1, -0.05) is 38.5 Å². The molecule has 0 spiro atoms. The number of nitrogens with one attached hydrogen (secondary N) is 1. The number of carbonyl (C=O) groups is 2. The SMILES string of the molecule is O=C1NC(=O)C(Br)(I)CN1[C@H]1C[C@H](O)[C@@H](CO)O1. The van der Waals surface area contributed by atoms with Gasteiger partial charge < -0.3 is 14.9 Å². The summed E-state index contributed by atoms with van der Waals surface area (Å²) >= 11 is 5.13. The van der Waals surface area contributed by atoms with Crippen molar-refractivity contribution >= 4 is 50.5 Å². The molecule has 1 unspecified atom stereocenters. The smallest absolute Gasteiger partial charge is 0.326 e. The van der Waals surface area contributed by atoms with Crippen LogP contribution in [0.5, 0.6) is 0 Å². The standard InChI is InChI=1S/C9H12BrIN2O5/c10-9(11)3-13(8(17)12-7(9)16)6-1-4(15)5(2-14)18-6/h4-6,14-15H,1-3H2,(H,12,16,17)/t4-,5+,6+,9?/m0/s1. The third-order valence-corrected chi connectivity index (χ3v) is 4.36. The van der Waals surface area contributed by atoms with Gasteiger partial charge in [0.25, 0.3) is 5.91 Å². The van der Waals surface area contributed by atoms with Gasteiger partial charge in [-0.05, 0) is 0 Å². The maximum atomic E-state index is 11.7. The average molecular weight is 435 g/mol. The average Bonchev–Trinajstić information content (AvgIpc) is 2.65. The Labute approximate surface area is 125 Å². The molecule has 2 fully saturated rings. The number of rotatable bonds is 2. The molecule has 0 saturated carbocycles. The minimum atomic E-state index is -0.912. The van der Waals surface area contributed by atoms with Crippen molar-refractivity contribution in [3.63, 3.8) is 0 Å². The Morgan fingerprint density at radius 2 is 2.28 bits per heavy atom. The summed E-state index contributed by atoms with van der Waals surface area (Å²) < 4.78 is 4.48. The number of aliphatic hydroxyl groups excluding tert-OH is 2. The first-order valence-electron chi connectivity index (χ1n) is 5.29. The summed E-state index contributed by atoms with van der Waals surface area (Å²) in [6.07, 6.45) is -1.94. The number of nitrogens with zero attached hydrogens (tertiary/aromatic N) is 1. The van der Waals surface area contributed by atoms with Gasteiger partial charge in [0.15, 0.2) is 2.33 Å². The van der Waals surface area contributed by atoms with Crippen LogP contribution < -0.4 is 5.32 Å². The van der Waals surface area contributed by atoms with Gasteiger partial charge >= 0.3 is 6.03 Å². The van der Waals surface area contributed by atoms with Crippen LogP contribution in [0.1, 0.15) is 6.42 Å². The van der Waals surface area contributed by atoms with Crippen molar-refractivity contribution in [1.82, 2.24) is 10.2 Å². The maximum absolute atomic E-state index is 11.7. The monoisotopic (exact) mass is 434 g/mol. The van der Waals surface area contributed by atoms with E-state index in [1.165, 1.54) is 4.90 Å². The minimum Gasteiger partial charge on any atom is -0.394 e. The van der Waals surface area contributed by atoms with E-state index in [1.807, 2.05) is 22.6 Å². The van der Waals surface area contributed by atoms with Crippen LogP contribution in [0.25, 0.3) is 0 Å². The quantitative estimate of drug-likeness (QED) is 0.403. The highest BCUT2D eigenvalue weighted by molar-refractivity contribution is 14.1. The number of urea groups is 1. The highest BCUT2D eigenvalue weighted by Crippen LogP contribution is 2.34. The molecule has 3 N–H and O–H groups in total. The summed E-state index contributed by atoms with van der Waals surface area (Å²) in [7, 11) is 0. The molecule has 18 heavy (non-hydrogen) atoms. The number of aliphatic hydroxyl groups is 2. The van der Waals surface area contributed by atoms with Gasteiger partial charge in [-0.25, -0.2) is 4.79 Å². The molecule has 0 aromatic heterocycles. The molecular formula is C9H12BrIN2O5. The lowest BCUT2D eigenvalue weighted by Gasteiger charge is -2.37. The fourth-order valence-corrected chi connectivity index (χ4v) is 2.79. The third-order valence-electron chi connectivity index (χ3n) is 2.91. The van der Waals surface area contributed by atoms with E-state index in [0.717, 1.165) is 0 Å². The zero-order valence-corrected chi connectivity index (χ0v) is 12.9. The molecule has 2 rings (SSSR count). The molecule has 0 aromatic carbocycles. The van der Waals surface area contributed by atoms with Crippen LogP contribution in [0.2, 0.25) is 0 Å². The second-order valence-corrected chi connectivity index (χ2v) is 8.88. The zero-order valence-electron chi connectivity index (χ0n) is 9.18. The molecule has 3 amide bonds. The predicted octanol–water partition coefficient (Wildman–Crippen LogP) is -0.467. The predicted molar refractivity (Wildman–Crippen MR) is 72.3 cm³/mol. The summed E-state index contributed by atoms with van der Waals surface area (Å²) in [4.78, 5) is 24.6. The van der Waals surface area contributed by atoms with E-state index >= 15 is 0 Å². The van der Waals surface area contributed by atoms with Crippen LogP contribution >= 0.6 is 38.5 Å². The minimum absolute atomic E-state index is 0.133. The van der Waals surface area contributed by atoms with E-state index in [2.05, 4.69) is 21.2 Å². The Bertz CT molecular complexity index is 380. The van der Waals surface area contributed by atoms with Gasteiger partial charge in [-0.3, -0.25) is 15.0 Å². The van der Waals surface area contributed by atoms with Crippen LogP contribution in [0.3, 0.4) is 0 Å². The van der Waals surface area contributed by atoms with Crippen molar-refractivity contribution in [2.75, 3.05) is 13.2 Å². The van der Waals surface area contributed by atoms with Crippen molar-refractivity contribution < 1.29 is 24.5 Å².